The Kier molecular flexibility index (Phi) is 3.86. The van der Waals surface area contributed by atoms with Gasteiger partial charge in [0.2, 0.25) is 0 Å². The fraction of sp³-hybridized carbons (Fsp3) is 0.176. The Morgan fingerprint density at radius 2 is 1.85 bits per heavy atom. The van der Waals surface area contributed by atoms with Crippen LogP contribution in [0.3, 0.4) is 0 Å². The summed E-state index contributed by atoms with van der Waals surface area (Å²) >= 11 is 9.92. The van der Waals surface area contributed by atoms with E-state index in [1.54, 1.807) is 0 Å². The van der Waals surface area contributed by atoms with Crippen molar-refractivity contribution in [2.75, 3.05) is 0 Å². The minimum Gasteiger partial charge on any atom is -0.459 e. The average molecular weight is 350 g/mol. The van der Waals surface area contributed by atoms with Crippen LogP contribution < -0.4 is 0 Å². The van der Waals surface area contributed by atoms with Crippen LogP contribution in [-0.4, -0.2) is 0 Å². The van der Waals surface area contributed by atoms with Crippen LogP contribution in [0.1, 0.15) is 22.3 Å². The number of aryl methyl sites for hydroxylation is 1. The van der Waals surface area contributed by atoms with Crippen LogP contribution in [0.15, 0.2) is 57.4 Å². The maximum absolute atomic E-state index is 6.49. The quantitative estimate of drug-likeness (QED) is 0.526. The maximum atomic E-state index is 6.49. The summed E-state index contributed by atoms with van der Waals surface area (Å²) in [5.41, 5.74) is 3.32. The molecule has 0 spiro atoms. The van der Waals surface area contributed by atoms with Gasteiger partial charge in [-0.25, -0.2) is 0 Å². The maximum Gasteiger partial charge on any atom is 0.134 e. The van der Waals surface area contributed by atoms with E-state index in [0.29, 0.717) is 0 Å². The van der Waals surface area contributed by atoms with Crippen LogP contribution in [0.25, 0.3) is 11.0 Å². The predicted octanol–water partition coefficient (Wildman–Crippen LogP) is 6.03. The van der Waals surface area contributed by atoms with Crippen molar-refractivity contribution >= 4 is 38.5 Å². The summed E-state index contributed by atoms with van der Waals surface area (Å²) in [5.74, 6) is 0.829. The summed E-state index contributed by atoms with van der Waals surface area (Å²) in [7, 11) is 0. The first kappa shape index (κ1) is 13.7. The van der Waals surface area contributed by atoms with Crippen molar-refractivity contribution in [3.63, 3.8) is 0 Å². The van der Waals surface area contributed by atoms with Gasteiger partial charge in [0.15, 0.2) is 0 Å². The molecule has 0 aliphatic carbocycles. The minimum atomic E-state index is -0.149. The molecule has 1 atom stereocenters. The lowest BCUT2D eigenvalue weighted by Crippen LogP contribution is -1.93. The highest BCUT2D eigenvalue weighted by molar-refractivity contribution is 9.10. The molecule has 0 amide bonds. The third kappa shape index (κ3) is 2.92. The number of fused-ring (bicyclic) bond motifs is 1. The fourth-order valence-corrected chi connectivity index (χ4v) is 2.82. The van der Waals surface area contributed by atoms with E-state index < -0.39 is 0 Å². The second-order valence-corrected chi connectivity index (χ2v) is 6.43. The van der Waals surface area contributed by atoms with E-state index in [9.17, 15) is 0 Å². The van der Waals surface area contributed by atoms with Crippen LogP contribution in [-0.2, 0) is 6.42 Å². The number of hydrogen-bond donors (Lipinski definition) is 0. The van der Waals surface area contributed by atoms with E-state index in [4.69, 9.17) is 16.0 Å². The molecule has 0 aliphatic rings. The zero-order valence-corrected chi connectivity index (χ0v) is 13.4. The lowest BCUT2D eigenvalue weighted by Gasteiger charge is -2.06. The molecule has 0 saturated heterocycles. The standard InChI is InChI=1S/C17H14BrClO/c1-11-2-7-16-13(8-11)10-17(20-16)15(19)9-12-3-5-14(18)6-4-12/h2-8,10,15H,9H2,1H3. The van der Waals surface area contributed by atoms with Gasteiger partial charge in [-0.05, 0) is 49.2 Å². The van der Waals surface area contributed by atoms with E-state index in [0.717, 1.165) is 27.6 Å². The Bertz CT molecular complexity index is 730. The molecule has 1 heterocycles. The normalized spacial score (nSPS) is 12.8. The van der Waals surface area contributed by atoms with Gasteiger partial charge in [0, 0.05) is 9.86 Å². The molecule has 20 heavy (non-hydrogen) atoms. The van der Waals surface area contributed by atoms with Crippen molar-refractivity contribution in [2.24, 2.45) is 0 Å². The molecule has 0 aliphatic heterocycles. The zero-order valence-electron chi connectivity index (χ0n) is 11.1. The summed E-state index contributed by atoms with van der Waals surface area (Å²) in [6.07, 6.45) is 0.758. The molecule has 0 bridgehead atoms. The van der Waals surface area contributed by atoms with Crippen molar-refractivity contribution in [1.29, 1.82) is 0 Å². The third-order valence-corrected chi connectivity index (χ3v) is 4.23. The van der Waals surface area contributed by atoms with Gasteiger partial charge in [-0.2, -0.15) is 0 Å². The number of benzene rings is 2. The molecule has 0 fully saturated rings. The van der Waals surface area contributed by atoms with Crippen LogP contribution >= 0.6 is 27.5 Å². The van der Waals surface area contributed by atoms with E-state index in [2.05, 4.69) is 41.1 Å². The van der Waals surface area contributed by atoms with E-state index in [1.165, 1.54) is 11.1 Å². The van der Waals surface area contributed by atoms with Gasteiger partial charge in [-0.1, -0.05) is 39.7 Å². The van der Waals surface area contributed by atoms with Crippen molar-refractivity contribution in [2.45, 2.75) is 18.7 Å². The topological polar surface area (TPSA) is 13.1 Å². The van der Waals surface area contributed by atoms with Crippen LogP contribution in [0.2, 0.25) is 0 Å². The lowest BCUT2D eigenvalue weighted by atomic mass is 10.1. The molecule has 1 aromatic heterocycles. The molecular formula is C17H14BrClO. The molecule has 0 N–H and O–H groups in total. The minimum absolute atomic E-state index is 0.149. The van der Waals surface area contributed by atoms with Gasteiger partial charge < -0.3 is 4.42 Å². The Balaban J connectivity index is 1.84. The molecule has 102 valence electrons. The first-order chi connectivity index (χ1) is 9.61. The molecule has 0 radical (unpaired) electrons. The van der Waals surface area contributed by atoms with Crippen molar-refractivity contribution in [1.82, 2.24) is 0 Å². The summed E-state index contributed by atoms with van der Waals surface area (Å²) in [6.45, 7) is 2.08. The summed E-state index contributed by atoms with van der Waals surface area (Å²) in [6, 6.07) is 16.4. The van der Waals surface area contributed by atoms with Crippen LogP contribution in [0, 0.1) is 6.92 Å². The number of furan rings is 1. The van der Waals surface area contributed by atoms with Gasteiger partial charge in [-0.15, -0.1) is 11.6 Å². The van der Waals surface area contributed by atoms with E-state index >= 15 is 0 Å². The third-order valence-electron chi connectivity index (χ3n) is 3.33. The number of rotatable bonds is 3. The van der Waals surface area contributed by atoms with Gasteiger partial charge in [0.25, 0.3) is 0 Å². The highest BCUT2D eigenvalue weighted by Crippen LogP contribution is 2.31. The largest absolute Gasteiger partial charge is 0.459 e. The van der Waals surface area contributed by atoms with Crippen molar-refractivity contribution in [3.05, 3.63) is 69.9 Å². The van der Waals surface area contributed by atoms with Gasteiger partial charge in [-0.3, -0.25) is 0 Å². The van der Waals surface area contributed by atoms with Gasteiger partial charge in [0.1, 0.15) is 11.3 Å². The molecular weight excluding hydrogens is 336 g/mol. The molecule has 1 nitrogen and oxygen atoms in total. The number of alkyl halides is 1. The lowest BCUT2D eigenvalue weighted by molar-refractivity contribution is 0.540. The summed E-state index contributed by atoms with van der Waals surface area (Å²) in [4.78, 5) is 0. The summed E-state index contributed by atoms with van der Waals surface area (Å²) in [5, 5.41) is 0.963. The fourth-order valence-electron chi connectivity index (χ4n) is 2.27. The Morgan fingerprint density at radius 1 is 1.10 bits per heavy atom. The van der Waals surface area contributed by atoms with E-state index in [-0.39, 0.29) is 5.38 Å². The average Bonchev–Trinajstić information content (AvgIpc) is 2.84. The Morgan fingerprint density at radius 3 is 2.60 bits per heavy atom. The highest BCUT2D eigenvalue weighted by Gasteiger charge is 2.14. The first-order valence-corrected chi connectivity index (χ1v) is 7.73. The Hall–Kier alpha value is -1.25. The van der Waals surface area contributed by atoms with Crippen molar-refractivity contribution in [3.8, 4) is 0 Å². The number of halogens is 2. The second kappa shape index (κ2) is 5.63. The van der Waals surface area contributed by atoms with Gasteiger partial charge in [0.05, 0.1) is 5.38 Å². The van der Waals surface area contributed by atoms with E-state index in [1.807, 2.05) is 30.3 Å². The molecule has 3 aromatic rings. The SMILES string of the molecule is Cc1ccc2oc(C(Cl)Cc3ccc(Br)cc3)cc2c1. The van der Waals surface area contributed by atoms with Crippen LogP contribution in [0.5, 0.6) is 0 Å². The van der Waals surface area contributed by atoms with Gasteiger partial charge >= 0.3 is 0 Å². The number of hydrogen-bond acceptors (Lipinski definition) is 1. The zero-order chi connectivity index (χ0) is 14.1. The monoisotopic (exact) mass is 348 g/mol. The molecule has 3 heteroatoms. The first-order valence-electron chi connectivity index (χ1n) is 6.50. The van der Waals surface area contributed by atoms with Crippen molar-refractivity contribution < 1.29 is 4.42 Å². The molecule has 1 unspecified atom stereocenters. The predicted molar refractivity (Wildman–Crippen MR) is 87.4 cm³/mol. The Labute approximate surface area is 131 Å². The highest BCUT2D eigenvalue weighted by atomic mass is 79.9. The molecule has 0 saturated carbocycles. The second-order valence-electron chi connectivity index (χ2n) is 4.99. The smallest absolute Gasteiger partial charge is 0.134 e. The molecule has 3 rings (SSSR count). The summed E-state index contributed by atoms with van der Waals surface area (Å²) < 4.78 is 6.92. The molecule has 2 aromatic carbocycles. The van der Waals surface area contributed by atoms with Crippen LogP contribution in [0.4, 0.5) is 0 Å².